The molecule has 138 valence electrons. The maximum atomic E-state index is 11.5. The van der Waals surface area contributed by atoms with E-state index in [9.17, 15) is 28.6 Å². The number of nitro benzene ring substituents is 2. The number of ether oxygens (including phenoxy) is 1. The first-order valence-corrected chi connectivity index (χ1v) is 9.74. The van der Waals surface area contributed by atoms with Crippen molar-refractivity contribution >= 4 is 36.8 Å². The normalized spacial score (nSPS) is 17.4. The predicted octanol–water partition coefficient (Wildman–Crippen LogP) is 2.44. The number of halogens is 1. The molecule has 1 atom stereocenters. The van der Waals surface area contributed by atoms with Crippen LogP contribution < -0.4 is 4.90 Å². The molecule has 0 saturated carbocycles. The van der Waals surface area contributed by atoms with Crippen LogP contribution in [0.3, 0.4) is 0 Å². The van der Waals surface area contributed by atoms with Gasteiger partial charge >= 0.3 is 11.4 Å². The van der Waals surface area contributed by atoms with Crippen LogP contribution in [0.2, 0.25) is 0 Å². The minimum atomic E-state index is -4.37. The molecular weight excluding hydrogens is 378 g/mol. The van der Waals surface area contributed by atoms with Crippen molar-refractivity contribution < 1.29 is 23.0 Å². The number of likely N-dealkylation sites (N-methyl/N-ethyl adjacent to an activating group) is 1. The van der Waals surface area contributed by atoms with Crippen LogP contribution in [0, 0.1) is 20.2 Å². The largest absolute Gasteiger partial charge is 0.376 e. The lowest BCUT2D eigenvalue weighted by Crippen LogP contribution is -2.33. The molecule has 0 radical (unpaired) electrons. The van der Waals surface area contributed by atoms with Crippen molar-refractivity contribution in [2.45, 2.75) is 30.8 Å². The van der Waals surface area contributed by atoms with E-state index in [0.717, 1.165) is 25.0 Å². The molecule has 0 aromatic heterocycles. The van der Waals surface area contributed by atoms with Crippen molar-refractivity contribution in [1.82, 2.24) is 0 Å². The Morgan fingerprint density at radius 2 is 1.84 bits per heavy atom. The zero-order chi connectivity index (χ0) is 18.8. The summed E-state index contributed by atoms with van der Waals surface area (Å²) in [6.45, 7) is 2.73. The summed E-state index contributed by atoms with van der Waals surface area (Å²) in [5.41, 5.74) is -1.63. The molecule has 10 nitrogen and oxygen atoms in total. The van der Waals surface area contributed by atoms with Crippen molar-refractivity contribution in [3.05, 3.63) is 32.4 Å². The van der Waals surface area contributed by atoms with Crippen molar-refractivity contribution in [2.24, 2.45) is 0 Å². The fourth-order valence-corrected chi connectivity index (χ4v) is 3.51. The monoisotopic (exact) mass is 393 g/mol. The predicted molar refractivity (Wildman–Crippen MR) is 89.7 cm³/mol. The van der Waals surface area contributed by atoms with Crippen LogP contribution in [0.15, 0.2) is 17.0 Å². The molecule has 1 aromatic carbocycles. The highest BCUT2D eigenvalue weighted by Gasteiger charge is 2.34. The number of anilines is 1. The van der Waals surface area contributed by atoms with Gasteiger partial charge in [0, 0.05) is 42.5 Å². The average molecular weight is 394 g/mol. The third kappa shape index (κ3) is 4.35. The lowest BCUT2D eigenvalue weighted by Gasteiger charge is -2.25. The summed E-state index contributed by atoms with van der Waals surface area (Å²) in [4.78, 5) is 21.9. The van der Waals surface area contributed by atoms with Gasteiger partial charge in [0.1, 0.15) is 0 Å². The molecule has 1 fully saturated rings. The number of hydrogen-bond donors (Lipinski definition) is 0. The summed E-state index contributed by atoms with van der Waals surface area (Å²) >= 11 is 0. The Labute approximate surface area is 148 Å². The molecule has 1 aliphatic rings. The van der Waals surface area contributed by atoms with E-state index in [2.05, 4.69) is 0 Å². The van der Waals surface area contributed by atoms with E-state index in [0.29, 0.717) is 6.61 Å². The van der Waals surface area contributed by atoms with E-state index >= 15 is 0 Å². The van der Waals surface area contributed by atoms with E-state index in [1.807, 2.05) is 0 Å². The van der Waals surface area contributed by atoms with Crippen molar-refractivity contribution in [3.8, 4) is 0 Å². The minimum absolute atomic E-state index is 0.199. The lowest BCUT2D eigenvalue weighted by molar-refractivity contribution is -0.393. The number of nitro groups is 2. The van der Waals surface area contributed by atoms with Crippen molar-refractivity contribution in [1.29, 1.82) is 0 Å². The van der Waals surface area contributed by atoms with E-state index in [-0.39, 0.29) is 24.9 Å². The molecule has 1 saturated heterocycles. The third-order valence-corrected chi connectivity index (χ3v) is 5.20. The van der Waals surface area contributed by atoms with E-state index in [1.54, 1.807) is 6.92 Å². The summed E-state index contributed by atoms with van der Waals surface area (Å²) in [6, 6.07) is 1.48. The van der Waals surface area contributed by atoms with Gasteiger partial charge in [0.05, 0.1) is 20.8 Å². The van der Waals surface area contributed by atoms with Gasteiger partial charge in [-0.25, -0.2) is 8.42 Å². The zero-order valence-corrected chi connectivity index (χ0v) is 14.8. The van der Waals surface area contributed by atoms with Gasteiger partial charge < -0.3 is 9.64 Å². The second kappa shape index (κ2) is 7.50. The Bertz CT molecular complexity index is 758. The van der Waals surface area contributed by atoms with Gasteiger partial charge in [-0.1, -0.05) is 0 Å². The van der Waals surface area contributed by atoms with Crippen LogP contribution >= 0.6 is 10.7 Å². The summed E-state index contributed by atoms with van der Waals surface area (Å²) in [7, 11) is 0.842. The Hall–Kier alpha value is -1.98. The molecule has 2 rings (SSSR count). The summed E-state index contributed by atoms with van der Waals surface area (Å²) < 4.78 is 28.5. The standard InChI is InChI=1S/C13H16ClN3O7S/c1-2-15(8-9-4-3-5-24-9)13-11(16(18)19)6-10(25(14,22)23)7-12(13)17(20)21/h6-7,9H,2-5,8H2,1H3. The zero-order valence-electron chi connectivity index (χ0n) is 13.3. The van der Waals surface area contributed by atoms with Crippen molar-refractivity contribution in [3.63, 3.8) is 0 Å². The SMILES string of the molecule is CCN(CC1CCCO1)c1c([N+](=O)[O-])cc(S(=O)(=O)Cl)cc1[N+](=O)[O-]. The number of rotatable bonds is 7. The van der Waals surface area contributed by atoms with Gasteiger partial charge in [-0.3, -0.25) is 20.2 Å². The summed E-state index contributed by atoms with van der Waals surface area (Å²) in [5, 5.41) is 22.8. The maximum Gasteiger partial charge on any atom is 0.301 e. The Morgan fingerprint density at radius 3 is 2.20 bits per heavy atom. The van der Waals surface area contributed by atoms with Crippen molar-refractivity contribution in [2.75, 3.05) is 24.6 Å². The first-order chi connectivity index (χ1) is 11.6. The number of nitrogens with zero attached hydrogens (tertiary/aromatic N) is 3. The van der Waals surface area contributed by atoms with Crippen LogP contribution in [0.25, 0.3) is 0 Å². The first kappa shape index (κ1) is 19.3. The van der Waals surface area contributed by atoms with E-state index in [4.69, 9.17) is 15.4 Å². The van der Waals surface area contributed by atoms with Crippen LogP contribution in [0.1, 0.15) is 19.8 Å². The van der Waals surface area contributed by atoms with Gasteiger partial charge in [0.15, 0.2) is 5.69 Å². The molecule has 1 heterocycles. The number of hydrogen-bond acceptors (Lipinski definition) is 8. The fraction of sp³-hybridized carbons (Fsp3) is 0.538. The second-order valence-corrected chi connectivity index (χ2v) is 8.00. The second-order valence-electron chi connectivity index (χ2n) is 5.44. The highest BCUT2D eigenvalue weighted by Crippen LogP contribution is 2.41. The highest BCUT2D eigenvalue weighted by atomic mass is 35.7. The Balaban J connectivity index is 2.63. The van der Waals surface area contributed by atoms with Gasteiger partial charge in [-0.05, 0) is 19.8 Å². The number of benzene rings is 1. The molecule has 1 unspecified atom stereocenters. The molecule has 1 aliphatic heterocycles. The molecule has 12 heteroatoms. The average Bonchev–Trinajstić information content (AvgIpc) is 3.03. The third-order valence-electron chi connectivity index (χ3n) is 3.86. The minimum Gasteiger partial charge on any atom is -0.376 e. The Kier molecular flexibility index (Phi) is 5.80. The molecule has 0 aliphatic carbocycles. The lowest BCUT2D eigenvalue weighted by atomic mass is 10.1. The molecule has 0 spiro atoms. The smallest absolute Gasteiger partial charge is 0.301 e. The van der Waals surface area contributed by atoms with Gasteiger partial charge in [-0.15, -0.1) is 0 Å². The maximum absolute atomic E-state index is 11.5. The first-order valence-electron chi connectivity index (χ1n) is 7.43. The fourth-order valence-electron chi connectivity index (χ4n) is 2.73. The van der Waals surface area contributed by atoms with Gasteiger partial charge in [0.25, 0.3) is 9.05 Å². The van der Waals surface area contributed by atoms with E-state index < -0.39 is 35.2 Å². The quantitative estimate of drug-likeness (QED) is 0.391. The molecule has 0 N–H and O–H groups in total. The highest BCUT2D eigenvalue weighted by molar-refractivity contribution is 8.13. The summed E-state index contributed by atoms with van der Waals surface area (Å²) in [5.74, 6) is 0. The van der Waals surface area contributed by atoms with Gasteiger partial charge in [-0.2, -0.15) is 0 Å². The van der Waals surface area contributed by atoms with Crippen LogP contribution in [0.5, 0.6) is 0 Å². The molecule has 25 heavy (non-hydrogen) atoms. The Morgan fingerprint density at radius 1 is 1.28 bits per heavy atom. The summed E-state index contributed by atoms with van der Waals surface area (Å²) in [6.07, 6.45) is 1.39. The van der Waals surface area contributed by atoms with Gasteiger partial charge in [0.2, 0.25) is 0 Å². The molecule has 1 aromatic rings. The molecule has 0 amide bonds. The van der Waals surface area contributed by atoms with Crippen LogP contribution in [-0.2, 0) is 13.8 Å². The topological polar surface area (TPSA) is 133 Å². The molecular formula is C13H16ClN3O7S. The molecule has 0 bridgehead atoms. The van der Waals surface area contributed by atoms with Crippen LogP contribution in [0.4, 0.5) is 17.1 Å². The van der Waals surface area contributed by atoms with Crippen LogP contribution in [-0.4, -0.2) is 44.1 Å². The van der Waals surface area contributed by atoms with E-state index in [1.165, 1.54) is 4.90 Å².